The molecule has 5 nitrogen and oxygen atoms in total. The predicted molar refractivity (Wildman–Crippen MR) is 125 cm³/mol. The molecule has 0 saturated heterocycles. The zero-order valence-corrected chi connectivity index (χ0v) is 19.6. The molecule has 168 valence electrons. The van der Waals surface area contributed by atoms with Gasteiger partial charge in [-0.2, -0.15) is 0 Å². The summed E-state index contributed by atoms with van der Waals surface area (Å²) in [5, 5.41) is 9.18. The van der Waals surface area contributed by atoms with Crippen molar-refractivity contribution in [2.75, 3.05) is 0 Å². The van der Waals surface area contributed by atoms with Crippen LogP contribution >= 0.6 is 11.6 Å². The molecule has 0 amide bonds. The third kappa shape index (κ3) is 4.66. The van der Waals surface area contributed by atoms with Crippen molar-refractivity contribution in [3.8, 4) is 5.75 Å². The highest BCUT2D eigenvalue weighted by Crippen LogP contribution is 2.61. The van der Waals surface area contributed by atoms with E-state index in [2.05, 4.69) is 32.5 Å². The van der Waals surface area contributed by atoms with Crippen LogP contribution in [0.5, 0.6) is 5.75 Å². The van der Waals surface area contributed by atoms with Gasteiger partial charge in [-0.15, -0.1) is 0 Å². The van der Waals surface area contributed by atoms with E-state index in [9.17, 15) is 9.59 Å². The molecular formula is C26H28ClNO4. The van der Waals surface area contributed by atoms with Crippen molar-refractivity contribution in [3.05, 3.63) is 70.0 Å². The number of aliphatic carboxylic acids is 1. The predicted octanol–water partition coefficient (Wildman–Crippen LogP) is 6.61. The fourth-order valence-electron chi connectivity index (χ4n) is 5.22. The molecule has 0 atom stereocenters. The summed E-state index contributed by atoms with van der Waals surface area (Å²) in [5.41, 5.74) is 1.48. The molecule has 1 N–H and O–H groups in total. The van der Waals surface area contributed by atoms with E-state index in [4.69, 9.17) is 28.0 Å². The van der Waals surface area contributed by atoms with Crippen LogP contribution in [0.3, 0.4) is 0 Å². The first-order valence-electron chi connectivity index (χ1n) is 10.6. The second-order valence-corrected chi connectivity index (χ2v) is 10.0. The highest BCUT2D eigenvalue weighted by molar-refractivity contribution is 6.33. The van der Waals surface area contributed by atoms with Gasteiger partial charge in [-0.05, 0) is 30.0 Å². The van der Waals surface area contributed by atoms with Gasteiger partial charge < -0.3 is 9.84 Å². The zero-order valence-electron chi connectivity index (χ0n) is 18.8. The average molecular weight is 454 g/mol. The first-order chi connectivity index (χ1) is 15.0. The van der Waals surface area contributed by atoms with Crippen LogP contribution in [-0.4, -0.2) is 23.0 Å². The lowest BCUT2D eigenvalue weighted by Gasteiger charge is -2.63. The number of halogens is 1. The van der Waals surface area contributed by atoms with Gasteiger partial charge >= 0.3 is 5.97 Å². The molecule has 0 aliphatic heterocycles. The number of carbonyl (C=O) groups excluding carboxylic acids is 1. The SMILES string of the molecule is [C-]#[N+]c1ccc(OC2C(C)(C)C(CC(=O)c3ccc(CCC(=O)O)cc3)C2(C)C)cc1Cl. The molecule has 1 aliphatic carbocycles. The summed E-state index contributed by atoms with van der Waals surface area (Å²) < 4.78 is 6.29. The number of hydrogen-bond donors (Lipinski definition) is 1. The van der Waals surface area contributed by atoms with Crippen molar-refractivity contribution in [2.24, 2.45) is 16.7 Å². The van der Waals surface area contributed by atoms with Crippen LogP contribution in [0.2, 0.25) is 5.02 Å². The normalized spacial score (nSPS) is 20.6. The second kappa shape index (κ2) is 8.96. The summed E-state index contributed by atoms with van der Waals surface area (Å²) in [7, 11) is 0. The molecule has 0 spiro atoms. The third-order valence-electron chi connectivity index (χ3n) is 6.73. The molecule has 32 heavy (non-hydrogen) atoms. The zero-order chi connectivity index (χ0) is 23.7. The highest BCUT2D eigenvalue weighted by atomic mass is 35.5. The lowest BCUT2D eigenvalue weighted by Crippen LogP contribution is -2.66. The standard InChI is InChI=1S/C26H28ClNO4/c1-25(2)22(15-21(29)17-9-6-16(7-10-17)8-13-23(30)31)26(3,4)24(25)32-18-11-12-20(28-5)19(27)14-18/h6-7,9-12,14,22,24H,8,13,15H2,1-4H3,(H,30,31). The van der Waals surface area contributed by atoms with Gasteiger partial charge in [-0.3, -0.25) is 9.59 Å². The number of hydrogen-bond acceptors (Lipinski definition) is 3. The summed E-state index contributed by atoms with van der Waals surface area (Å²) in [4.78, 5) is 27.1. The van der Waals surface area contributed by atoms with Gasteiger partial charge in [0.05, 0.1) is 11.6 Å². The number of carboxylic acid groups (broad SMARTS) is 1. The van der Waals surface area contributed by atoms with Gasteiger partial charge in [0.1, 0.15) is 11.9 Å². The number of benzene rings is 2. The van der Waals surface area contributed by atoms with Gasteiger partial charge in [0.15, 0.2) is 5.78 Å². The lowest BCUT2D eigenvalue weighted by molar-refractivity contribution is -0.196. The maximum Gasteiger partial charge on any atom is 0.303 e. The van der Waals surface area contributed by atoms with E-state index in [-0.39, 0.29) is 35.1 Å². The van der Waals surface area contributed by atoms with Gasteiger partial charge in [0.2, 0.25) is 5.69 Å². The first-order valence-corrected chi connectivity index (χ1v) is 11.0. The maximum absolute atomic E-state index is 13.0. The number of rotatable bonds is 8. The van der Waals surface area contributed by atoms with E-state index in [1.165, 1.54) is 0 Å². The molecule has 0 radical (unpaired) electrons. The summed E-state index contributed by atoms with van der Waals surface area (Å²) in [5.74, 6) is -0.0164. The summed E-state index contributed by atoms with van der Waals surface area (Å²) in [6, 6.07) is 12.3. The van der Waals surface area contributed by atoms with Crippen LogP contribution in [0.15, 0.2) is 42.5 Å². The van der Waals surface area contributed by atoms with Crippen molar-refractivity contribution >= 4 is 29.0 Å². The molecule has 1 saturated carbocycles. The van der Waals surface area contributed by atoms with E-state index < -0.39 is 5.97 Å². The van der Waals surface area contributed by atoms with Gasteiger partial charge in [0.25, 0.3) is 0 Å². The Bertz CT molecular complexity index is 1050. The largest absolute Gasteiger partial charge is 0.489 e. The monoisotopic (exact) mass is 453 g/mol. The van der Waals surface area contributed by atoms with E-state index >= 15 is 0 Å². The lowest BCUT2D eigenvalue weighted by atomic mass is 9.44. The van der Waals surface area contributed by atoms with Crippen molar-refractivity contribution in [1.29, 1.82) is 0 Å². The topological polar surface area (TPSA) is 68.0 Å². The Labute approximate surface area is 194 Å². The third-order valence-corrected chi connectivity index (χ3v) is 7.04. The number of ether oxygens (including phenoxy) is 1. The average Bonchev–Trinajstić information content (AvgIpc) is 2.74. The number of carbonyl (C=O) groups is 2. The summed E-state index contributed by atoms with van der Waals surface area (Å²) in [6.07, 6.45) is 0.823. The van der Waals surface area contributed by atoms with Crippen molar-refractivity contribution in [3.63, 3.8) is 0 Å². The van der Waals surface area contributed by atoms with Crippen molar-refractivity contribution in [2.45, 2.75) is 53.1 Å². The Kier molecular flexibility index (Phi) is 6.67. The minimum absolute atomic E-state index is 0.0730. The number of ketones is 1. The molecule has 3 rings (SSSR count). The molecule has 6 heteroatoms. The Hall–Kier alpha value is -2.84. The fourth-order valence-corrected chi connectivity index (χ4v) is 5.43. The van der Waals surface area contributed by atoms with E-state index in [0.29, 0.717) is 34.9 Å². The molecule has 0 bridgehead atoms. The van der Waals surface area contributed by atoms with E-state index in [0.717, 1.165) is 5.56 Å². The summed E-state index contributed by atoms with van der Waals surface area (Å²) >= 11 is 6.16. The number of aryl methyl sites for hydroxylation is 1. The van der Waals surface area contributed by atoms with Crippen LogP contribution in [0.25, 0.3) is 4.85 Å². The molecule has 1 aliphatic rings. The van der Waals surface area contributed by atoms with Gasteiger partial charge in [0, 0.05) is 29.2 Å². The number of nitrogens with zero attached hydrogens (tertiary/aromatic N) is 1. The molecular weight excluding hydrogens is 426 g/mol. The smallest absolute Gasteiger partial charge is 0.303 e. The molecule has 2 aromatic carbocycles. The minimum Gasteiger partial charge on any atom is -0.489 e. The Morgan fingerprint density at radius 1 is 1.09 bits per heavy atom. The molecule has 0 aromatic heterocycles. The van der Waals surface area contributed by atoms with Crippen LogP contribution < -0.4 is 4.74 Å². The molecule has 1 fully saturated rings. The van der Waals surface area contributed by atoms with E-state index in [1.54, 1.807) is 30.3 Å². The van der Waals surface area contributed by atoms with E-state index in [1.807, 2.05) is 12.1 Å². The van der Waals surface area contributed by atoms with Crippen molar-refractivity contribution < 1.29 is 19.4 Å². The van der Waals surface area contributed by atoms with Crippen LogP contribution in [0.1, 0.15) is 56.5 Å². The Balaban J connectivity index is 1.69. The maximum atomic E-state index is 13.0. The molecule has 2 aromatic rings. The minimum atomic E-state index is -0.832. The quantitative estimate of drug-likeness (QED) is 0.360. The van der Waals surface area contributed by atoms with Crippen LogP contribution in [-0.2, 0) is 11.2 Å². The fraction of sp³-hybridized carbons (Fsp3) is 0.423. The first kappa shape index (κ1) is 23.8. The molecule has 0 heterocycles. The van der Waals surface area contributed by atoms with Gasteiger partial charge in [-0.25, -0.2) is 4.85 Å². The molecule has 0 unspecified atom stereocenters. The van der Waals surface area contributed by atoms with Gasteiger partial charge in [-0.1, -0.05) is 69.6 Å². The second-order valence-electron chi connectivity index (χ2n) is 9.64. The highest BCUT2D eigenvalue weighted by Gasteiger charge is 2.63. The number of Topliss-reactive ketones (excluding diaryl/α,β-unsaturated/α-hetero) is 1. The van der Waals surface area contributed by atoms with Crippen LogP contribution in [0, 0.1) is 23.3 Å². The Morgan fingerprint density at radius 3 is 2.25 bits per heavy atom. The van der Waals surface area contributed by atoms with Crippen LogP contribution in [0.4, 0.5) is 5.69 Å². The van der Waals surface area contributed by atoms with Crippen molar-refractivity contribution in [1.82, 2.24) is 0 Å². The Morgan fingerprint density at radius 2 is 1.72 bits per heavy atom. The summed E-state index contributed by atoms with van der Waals surface area (Å²) in [6.45, 7) is 15.6. The number of carboxylic acids is 1.